The van der Waals surface area contributed by atoms with E-state index < -0.39 is 12.0 Å². The number of aryl methyl sites for hydroxylation is 1. The summed E-state index contributed by atoms with van der Waals surface area (Å²) in [5.74, 6) is 0.495. The van der Waals surface area contributed by atoms with E-state index in [0.29, 0.717) is 30.0 Å². The fourth-order valence-corrected chi connectivity index (χ4v) is 5.18. The van der Waals surface area contributed by atoms with Crippen molar-refractivity contribution < 1.29 is 19.1 Å². The van der Waals surface area contributed by atoms with Crippen LogP contribution in [0.25, 0.3) is 0 Å². The molecule has 2 aliphatic rings. The van der Waals surface area contributed by atoms with Gasteiger partial charge in [0.2, 0.25) is 5.91 Å². The minimum Gasteiger partial charge on any atom is -0.493 e. The zero-order valence-electron chi connectivity index (χ0n) is 19.6. The van der Waals surface area contributed by atoms with E-state index in [0.717, 1.165) is 28.8 Å². The topological polar surface area (TPSA) is 67.9 Å². The van der Waals surface area contributed by atoms with Crippen molar-refractivity contribution in [2.75, 3.05) is 26.1 Å². The molecule has 0 aromatic heterocycles. The highest BCUT2D eigenvalue weighted by atomic mass is 16.5. The molecule has 2 atom stereocenters. The Morgan fingerprint density at radius 1 is 1.00 bits per heavy atom. The molecule has 2 heterocycles. The molecule has 3 aromatic carbocycles. The lowest BCUT2D eigenvalue weighted by Crippen LogP contribution is -2.49. The molecular weight excluding hydrogens is 428 g/mol. The summed E-state index contributed by atoms with van der Waals surface area (Å²) < 4.78 is 11.1. The Morgan fingerprint density at radius 3 is 2.41 bits per heavy atom. The number of rotatable bonds is 5. The number of benzene rings is 3. The largest absolute Gasteiger partial charge is 0.493 e. The monoisotopic (exact) mass is 456 g/mol. The molecule has 0 spiro atoms. The molecule has 1 N–H and O–H groups in total. The number of hydrogen-bond donors (Lipinski definition) is 1. The molecule has 6 heteroatoms. The highest BCUT2D eigenvalue weighted by Gasteiger charge is 2.46. The molecule has 34 heavy (non-hydrogen) atoms. The van der Waals surface area contributed by atoms with Crippen molar-refractivity contribution in [2.45, 2.75) is 31.7 Å². The Morgan fingerprint density at radius 2 is 1.71 bits per heavy atom. The first-order valence-corrected chi connectivity index (χ1v) is 11.6. The van der Waals surface area contributed by atoms with Crippen molar-refractivity contribution in [1.82, 2.24) is 4.90 Å². The van der Waals surface area contributed by atoms with Gasteiger partial charge in [0.05, 0.1) is 26.2 Å². The van der Waals surface area contributed by atoms with Gasteiger partial charge in [0.25, 0.3) is 5.91 Å². The number of anilines is 1. The maximum absolute atomic E-state index is 13.8. The Hall–Kier alpha value is -3.80. The number of amides is 2. The molecule has 0 saturated carbocycles. The zero-order valence-corrected chi connectivity index (χ0v) is 19.6. The lowest BCUT2D eigenvalue weighted by molar-refractivity contribution is -0.119. The minimum absolute atomic E-state index is 0.0441. The Labute approximate surface area is 199 Å². The number of fused-ring (bicyclic) bond motifs is 4. The summed E-state index contributed by atoms with van der Waals surface area (Å²) in [6.45, 7) is 2.64. The molecule has 0 bridgehead atoms. The van der Waals surface area contributed by atoms with Crippen LogP contribution in [-0.2, 0) is 17.6 Å². The molecule has 2 aliphatic heterocycles. The van der Waals surface area contributed by atoms with Crippen LogP contribution in [-0.4, -0.2) is 37.5 Å². The van der Waals surface area contributed by atoms with Crippen LogP contribution in [0.1, 0.15) is 51.5 Å². The van der Waals surface area contributed by atoms with Crippen LogP contribution in [0.2, 0.25) is 0 Å². The number of nitrogens with one attached hydrogen (secondary N) is 1. The van der Waals surface area contributed by atoms with Gasteiger partial charge in [0.15, 0.2) is 11.5 Å². The molecule has 5 rings (SSSR count). The highest BCUT2D eigenvalue weighted by molar-refractivity contribution is 6.04. The van der Waals surface area contributed by atoms with Crippen molar-refractivity contribution in [3.8, 4) is 11.5 Å². The third-order valence-corrected chi connectivity index (χ3v) is 6.94. The summed E-state index contributed by atoms with van der Waals surface area (Å²) >= 11 is 0. The zero-order chi connectivity index (χ0) is 23.8. The van der Waals surface area contributed by atoms with Crippen LogP contribution >= 0.6 is 0 Å². The van der Waals surface area contributed by atoms with Gasteiger partial charge < -0.3 is 19.7 Å². The lowest BCUT2D eigenvalue weighted by Gasteiger charge is -2.45. The van der Waals surface area contributed by atoms with Crippen LogP contribution in [0.15, 0.2) is 60.7 Å². The molecule has 174 valence electrons. The van der Waals surface area contributed by atoms with Crippen molar-refractivity contribution >= 4 is 17.5 Å². The number of ether oxygens (including phenoxy) is 2. The van der Waals surface area contributed by atoms with E-state index in [1.807, 2.05) is 65.6 Å². The maximum Gasteiger partial charge on any atom is 0.254 e. The summed E-state index contributed by atoms with van der Waals surface area (Å²) in [6, 6.07) is 18.8. The summed E-state index contributed by atoms with van der Waals surface area (Å²) in [6.07, 6.45) is 1.62. The highest BCUT2D eigenvalue weighted by Crippen LogP contribution is 2.48. The van der Waals surface area contributed by atoms with Gasteiger partial charge in [-0.15, -0.1) is 0 Å². The molecule has 3 aromatic rings. The van der Waals surface area contributed by atoms with Crippen LogP contribution in [0.4, 0.5) is 5.69 Å². The molecule has 6 nitrogen and oxygen atoms in total. The van der Waals surface area contributed by atoms with Gasteiger partial charge in [-0.1, -0.05) is 37.3 Å². The van der Waals surface area contributed by atoms with E-state index >= 15 is 0 Å². The van der Waals surface area contributed by atoms with Crippen LogP contribution in [0.5, 0.6) is 11.5 Å². The SMILES string of the molecule is CCc1ccc(NC(=O)C2c3ccccc3C(=O)N3CCc4cc(OC)c(OC)cc4C23)cc1. The van der Waals surface area contributed by atoms with E-state index in [-0.39, 0.29) is 11.8 Å². The van der Waals surface area contributed by atoms with E-state index in [9.17, 15) is 9.59 Å². The second-order valence-electron chi connectivity index (χ2n) is 8.70. The van der Waals surface area contributed by atoms with E-state index in [1.165, 1.54) is 5.56 Å². The average molecular weight is 457 g/mol. The van der Waals surface area contributed by atoms with Gasteiger partial charge >= 0.3 is 0 Å². The second kappa shape index (κ2) is 8.86. The van der Waals surface area contributed by atoms with Crippen molar-refractivity contribution in [3.05, 3.63) is 88.5 Å². The van der Waals surface area contributed by atoms with Gasteiger partial charge in [-0.3, -0.25) is 9.59 Å². The third-order valence-electron chi connectivity index (χ3n) is 6.94. The van der Waals surface area contributed by atoms with Gasteiger partial charge in [0, 0.05) is 17.8 Å². The number of hydrogen-bond acceptors (Lipinski definition) is 4. The van der Waals surface area contributed by atoms with Crippen molar-refractivity contribution in [1.29, 1.82) is 0 Å². The fourth-order valence-electron chi connectivity index (χ4n) is 5.18. The van der Waals surface area contributed by atoms with Crippen LogP contribution < -0.4 is 14.8 Å². The quantitative estimate of drug-likeness (QED) is 0.602. The molecule has 0 saturated heterocycles. The van der Waals surface area contributed by atoms with Gasteiger partial charge in [0.1, 0.15) is 0 Å². The van der Waals surface area contributed by atoms with Gasteiger partial charge in [-0.05, 0) is 65.4 Å². The predicted octanol–water partition coefficient (Wildman–Crippen LogP) is 4.74. The summed E-state index contributed by atoms with van der Waals surface area (Å²) in [4.78, 5) is 29.1. The smallest absolute Gasteiger partial charge is 0.254 e. The van der Waals surface area contributed by atoms with E-state index in [2.05, 4.69) is 12.2 Å². The van der Waals surface area contributed by atoms with Gasteiger partial charge in [-0.2, -0.15) is 0 Å². The van der Waals surface area contributed by atoms with Crippen molar-refractivity contribution in [3.63, 3.8) is 0 Å². The Bertz CT molecular complexity index is 1250. The number of carbonyl (C=O) groups is 2. The average Bonchev–Trinajstić information content (AvgIpc) is 2.88. The molecule has 0 fully saturated rings. The molecule has 0 aliphatic carbocycles. The van der Waals surface area contributed by atoms with Crippen molar-refractivity contribution in [2.24, 2.45) is 0 Å². The molecule has 2 unspecified atom stereocenters. The first-order chi connectivity index (χ1) is 16.5. The van der Waals surface area contributed by atoms with E-state index in [1.54, 1.807) is 14.2 Å². The second-order valence-corrected chi connectivity index (χ2v) is 8.70. The lowest BCUT2D eigenvalue weighted by atomic mass is 9.75. The number of nitrogens with zero attached hydrogens (tertiary/aromatic N) is 1. The normalized spacial score (nSPS) is 18.4. The number of carbonyl (C=O) groups excluding carboxylic acids is 2. The predicted molar refractivity (Wildman–Crippen MR) is 131 cm³/mol. The fraction of sp³-hybridized carbons (Fsp3) is 0.286. The number of methoxy groups -OCH3 is 2. The van der Waals surface area contributed by atoms with Crippen LogP contribution in [0, 0.1) is 0 Å². The Kier molecular flexibility index (Phi) is 5.74. The summed E-state index contributed by atoms with van der Waals surface area (Å²) in [5.41, 5.74) is 5.28. The first kappa shape index (κ1) is 22.0. The third kappa shape index (κ3) is 3.59. The van der Waals surface area contributed by atoms with E-state index in [4.69, 9.17) is 9.47 Å². The molecule has 0 radical (unpaired) electrons. The minimum atomic E-state index is -0.558. The standard InChI is InChI=1S/C28H28N2O4/c1-4-17-9-11-19(12-10-17)29-27(31)25-20-7-5-6-8-21(20)28(32)30-14-13-18-15-23(33-2)24(34-3)16-22(18)26(25)30/h5-12,15-16,25-26H,4,13-14H2,1-3H3,(H,29,31). The maximum atomic E-state index is 13.8. The summed E-state index contributed by atoms with van der Waals surface area (Å²) in [5, 5.41) is 3.10. The first-order valence-electron chi connectivity index (χ1n) is 11.6. The molecule has 2 amide bonds. The summed E-state index contributed by atoms with van der Waals surface area (Å²) in [7, 11) is 3.20. The molecular formula is C28H28N2O4. The van der Waals surface area contributed by atoms with Gasteiger partial charge in [-0.25, -0.2) is 0 Å². The van der Waals surface area contributed by atoms with Crippen LogP contribution in [0.3, 0.4) is 0 Å². The Balaban J connectivity index is 1.62.